The average molecular weight is 364 g/mol. The Labute approximate surface area is 152 Å². The highest BCUT2D eigenvalue weighted by Gasteiger charge is 2.40. The van der Waals surface area contributed by atoms with Gasteiger partial charge in [0.1, 0.15) is 6.04 Å². The summed E-state index contributed by atoms with van der Waals surface area (Å²) in [6.07, 6.45) is 0.153. The lowest BCUT2D eigenvalue weighted by molar-refractivity contribution is -0.148. The Morgan fingerprint density at radius 2 is 2.08 bits per heavy atom. The average Bonchev–Trinajstić information content (AvgIpc) is 3.23. The third-order valence-electron chi connectivity index (χ3n) is 4.43. The Morgan fingerprint density at radius 3 is 2.85 bits per heavy atom. The lowest BCUT2D eigenvalue weighted by Crippen LogP contribution is -2.41. The molecule has 1 aromatic rings. The van der Waals surface area contributed by atoms with Crippen molar-refractivity contribution in [2.24, 2.45) is 0 Å². The standard InChI is InChI=1S/C18H24N2O6/c1-19(2)6-3-7-24-18(23)14-9-13(21)10-20(14)17(22)12-4-5-15-16(8-12)26-11-25-15/h4-5,8,13-14,21H,3,6-7,9-11H2,1-2H3/t13-,14+/m1/s1. The maximum absolute atomic E-state index is 12.8. The van der Waals surface area contributed by atoms with Crippen LogP contribution in [0.2, 0.25) is 0 Å². The van der Waals surface area contributed by atoms with Crippen molar-refractivity contribution in [3.05, 3.63) is 23.8 Å². The summed E-state index contributed by atoms with van der Waals surface area (Å²) in [6.45, 7) is 1.32. The number of benzene rings is 1. The van der Waals surface area contributed by atoms with Crippen LogP contribution in [0, 0.1) is 0 Å². The Balaban J connectivity index is 1.65. The highest BCUT2D eigenvalue weighted by molar-refractivity contribution is 5.97. The molecule has 0 bridgehead atoms. The molecule has 0 radical (unpaired) electrons. The topological polar surface area (TPSA) is 88.5 Å². The zero-order valence-corrected chi connectivity index (χ0v) is 15.0. The van der Waals surface area contributed by atoms with E-state index in [0.29, 0.717) is 23.5 Å². The quantitative estimate of drug-likeness (QED) is 0.580. The zero-order valence-electron chi connectivity index (χ0n) is 15.0. The molecule has 142 valence electrons. The van der Waals surface area contributed by atoms with Crippen molar-refractivity contribution in [3.8, 4) is 11.5 Å². The van der Waals surface area contributed by atoms with Crippen LogP contribution < -0.4 is 9.47 Å². The first-order valence-corrected chi connectivity index (χ1v) is 8.65. The summed E-state index contributed by atoms with van der Waals surface area (Å²) in [5.41, 5.74) is 0.383. The molecule has 1 saturated heterocycles. The number of amides is 1. The number of ether oxygens (including phenoxy) is 3. The van der Waals surface area contributed by atoms with Crippen LogP contribution in [0.15, 0.2) is 18.2 Å². The second-order valence-electron chi connectivity index (χ2n) is 6.76. The zero-order chi connectivity index (χ0) is 18.7. The summed E-state index contributed by atoms with van der Waals surface area (Å²) in [7, 11) is 3.89. The van der Waals surface area contributed by atoms with Gasteiger partial charge in [-0.05, 0) is 38.7 Å². The lowest BCUT2D eigenvalue weighted by Gasteiger charge is -2.23. The maximum Gasteiger partial charge on any atom is 0.328 e. The number of aliphatic hydroxyl groups excluding tert-OH is 1. The Kier molecular flexibility index (Phi) is 5.63. The molecule has 8 heteroatoms. The number of carbonyl (C=O) groups is 2. The summed E-state index contributed by atoms with van der Waals surface area (Å²) < 4.78 is 15.8. The van der Waals surface area contributed by atoms with Crippen LogP contribution in [0.5, 0.6) is 11.5 Å². The van der Waals surface area contributed by atoms with Crippen molar-refractivity contribution in [3.63, 3.8) is 0 Å². The van der Waals surface area contributed by atoms with Gasteiger partial charge in [0, 0.05) is 25.1 Å². The first-order valence-electron chi connectivity index (χ1n) is 8.65. The molecule has 2 aliphatic rings. The Bertz CT molecular complexity index is 678. The summed E-state index contributed by atoms with van der Waals surface area (Å²) in [5, 5.41) is 9.96. The van der Waals surface area contributed by atoms with Gasteiger partial charge in [-0.1, -0.05) is 0 Å². The highest BCUT2D eigenvalue weighted by Crippen LogP contribution is 2.33. The molecule has 2 heterocycles. The smallest absolute Gasteiger partial charge is 0.328 e. The van der Waals surface area contributed by atoms with Crippen LogP contribution in [-0.4, -0.2) is 79.5 Å². The number of rotatable bonds is 6. The van der Waals surface area contributed by atoms with Gasteiger partial charge in [0.2, 0.25) is 6.79 Å². The van der Waals surface area contributed by atoms with E-state index in [1.165, 1.54) is 4.90 Å². The van der Waals surface area contributed by atoms with E-state index in [4.69, 9.17) is 14.2 Å². The van der Waals surface area contributed by atoms with Crippen LogP contribution in [0.1, 0.15) is 23.2 Å². The fourth-order valence-electron chi connectivity index (χ4n) is 3.11. The third-order valence-corrected chi connectivity index (χ3v) is 4.43. The fourth-order valence-corrected chi connectivity index (χ4v) is 3.11. The maximum atomic E-state index is 12.8. The number of carbonyl (C=O) groups excluding carboxylic acids is 2. The molecule has 1 fully saturated rings. The van der Waals surface area contributed by atoms with Gasteiger partial charge in [-0.2, -0.15) is 0 Å². The van der Waals surface area contributed by atoms with Gasteiger partial charge in [0.25, 0.3) is 5.91 Å². The SMILES string of the molecule is CN(C)CCCOC(=O)[C@@H]1C[C@@H](O)CN1C(=O)c1ccc2c(c1)OCO2. The van der Waals surface area contributed by atoms with E-state index in [0.717, 1.165) is 6.54 Å². The Morgan fingerprint density at radius 1 is 1.31 bits per heavy atom. The lowest BCUT2D eigenvalue weighted by atomic mass is 10.1. The fraction of sp³-hybridized carbons (Fsp3) is 0.556. The molecule has 1 N–H and O–H groups in total. The van der Waals surface area contributed by atoms with Crippen molar-refractivity contribution in [2.45, 2.75) is 25.0 Å². The molecular formula is C18H24N2O6. The summed E-state index contributed by atoms with van der Waals surface area (Å²) >= 11 is 0. The molecule has 8 nitrogen and oxygen atoms in total. The third kappa shape index (κ3) is 4.08. The van der Waals surface area contributed by atoms with Gasteiger partial charge in [0.15, 0.2) is 11.5 Å². The van der Waals surface area contributed by atoms with Gasteiger partial charge < -0.3 is 29.1 Å². The minimum Gasteiger partial charge on any atom is -0.464 e. The van der Waals surface area contributed by atoms with E-state index >= 15 is 0 Å². The van der Waals surface area contributed by atoms with Gasteiger partial charge in [0.05, 0.1) is 12.7 Å². The highest BCUT2D eigenvalue weighted by atomic mass is 16.7. The van der Waals surface area contributed by atoms with E-state index in [2.05, 4.69) is 0 Å². The number of hydrogen-bond acceptors (Lipinski definition) is 7. The number of hydrogen-bond donors (Lipinski definition) is 1. The largest absolute Gasteiger partial charge is 0.464 e. The van der Waals surface area contributed by atoms with Gasteiger partial charge in [-0.25, -0.2) is 4.79 Å². The number of aliphatic hydroxyl groups is 1. The van der Waals surface area contributed by atoms with Crippen LogP contribution in [-0.2, 0) is 9.53 Å². The predicted octanol–water partition coefficient (Wildman–Crippen LogP) is 0.486. The first-order chi connectivity index (χ1) is 12.5. The monoisotopic (exact) mass is 364 g/mol. The molecule has 1 aromatic carbocycles. The molecular weight excluding hydrogens is 340 g/mol. The molecule has 1 amide bonds. The van der Waals surface area contributed by atoms with E-state index < -0.39 is 18.1 Å². The van der Waals surface area contributed by atoms with Gasteiger partial charge >= 0.3 is 5.97 Å². The van der Waals surface area contributed by atoms with Crippen LogP contribution >= 0.6 is 0 Å². The summed E-state index contributed by atoms with van der Waals surface area (Å²) in [5.74, 6) is 0.266. The van der Waals surface area contributed by atoms with Crippen LogP contribution in [0.4, 0.5) is 0 Å². The molecule has 2 atom stereocenters. The number of fused-ring (bicyclic) bond motifs is 1. The molecule has 0 unspecified atom stereocenters. The van der Waals surface area contributed by atoms with Crippen molar-refractivity contribution in [1.82, 2.24) is 9.80 Å². The molecule has 0 aromatic heterocycles. The molecule has 3 rings (SSSR count). The first kappa shape index (κ1) is 18.5. The second kappa shape index (κ2) is 7.92. The molecule has 0 aliphatic carbocycles. The van der Waals surface area contributed by atoms with Crippen LogP contribution in [0.3, 0.4) is 0 Å². The van der Waals surface area contributed by atoms with Crippen LogP contribution in [0.25, 0.3) is 0 Å². The minimum absolute atomic E-state index is 0.102. The molecule has 26 heavy (non-hydrogen) atoms. The number of nitrogens with zero attached hydrogens (tertiary/aromatic N) is 2. The van der Waals surface area contributed by atoms with E-state index in [9.17, 15) is 14.7 Å². The van der Waals surface area contributed by atoms with Crippen molar-refractivity contribution in [1.29, 1.82) is 0 Å². The minimum atomic E-state index is -0.776. The van der Waals surface area contributed by atoms with Gasteiger partial charge in [-0.3, -0.25) is 4.79 Å². The Hall–Kier alpha value is -2.32. The van der Waals surface area contributed by atoms with E-state index in [1.54, 1.807) is 18.2 Å². The summed E-state index contributed by atoms with van der Waals surface area (Å²) in [4.78, 5) is 28.6. The number of esters is 1. The van der Waals surface area contributed by atoms with Crippen molar-refractivity contribution >= 4 is 11.9 Å². The molecule has 2 aliphatic heterocycles. The summed E-state index contributed by atoms with van der Waals surface area (Å²) in [6, 6.07) is 4.10. The molecule has 0 spiro atoms. The van der Waals surface area contributed by atoms with E-state index in [-0.39, 0.29) is 32.3 Å². The van der Waals surface area contributed by atoms with E-state index in [1.807, 2.05) is 19.0 Å². The number of likely N-dealkylation sites (tertiary alicyclic amines) is 1. The predicted molar refractivity (Wildman–Crippen MR) is 92.1 cm³/mol. The molecule has 0 saturated carbocycles. The van der Waals surface area contributed by atoms with Crippen molar-refractivity contribution < 1.29 is 28.9 Å². The van der Waals surface area contributed by atoms with Crippen molar-refractivity contribution in [2.75, 3.05) is 40.6 Å². The van der Waals surface area contributed by atoms with Gasteiger partial charge in [-0.15, -0.1) is 0 Å². The normalized spacial score (nSPS) is 21.3. The second-order valence-corrected chi connectivity index (χ2v) is 6.76. The number of β-amino-alcohol motifs (C(OH)–C–C–N with tert-alkyl or cyclic N) is 1.